The number of aliphatic hydroxyl groups excluding tert-OH is 1. The first-order valence-corrected chi connectivity index (χ1v) is 2.41. The van der Waals surface area contributed by atoms with E-state index < -0.39 is 4.30 Å². The van der Waals surface area contributed by atoms with Crippen LogP contribution in [0.1, 0.15) is 0 Å². The van der Waals surface area contributed by atoms with Gasteiger partial charge in [-0.2, -0.15) is 0 Å². The summed E-state index contributed by atoms with van der Waals surface area (Å²) in [6.45, 7) is 0. The molecule has 0 aliphatic rings. The van der Waals surface area contributed by atoms with E-state index in [1.807, 2.05) is 0 Å². The van der Waals surface area contributed by atoms with Crippen LogP contribution in [0.15, 0.2) is 0 Å². The Bertz CT molecular complexity index is 20.0. The highest BCUT2D eigenvalue weighted by Gasteiger charge is 1.78. The van der Waals surface area contributed by atoms with E-state index in [0.717, 1.165) is 7.11 Å². The van der Waals surface area contributed by atoms with Gasteiger partial charge in [0.25, 0.3) is 0 Å². The second-order valence-corrected chi connectivity index (χ2v) is 2.23. The maximum atomic E-state index is 7.00. The molecule has 0 rings (SSSR count). The monoisotopic (exact) mass is 185 g/mol. The molecule has 0 aliphatic carbocycles. The Morgan fingerprint density at radius 1 is 1.12 bits per heavy atom. The third-order valence-corrected chi connectivity index (χ3v) is 0. The lowest BCUT2D eigenvalue weighted by atomic mass is 11.8. The van der Waals surface area contributed by atoms with Crippen molar-refractivity contribution in [1.82, 2.24) is 6.15 Å². The SMILES string of the molecule is CO.ClC(Cl)Cl.[NH4+].[OH-]. The van der Waals surface area contributed by atoms with Crippen LogP contribution in [0.3, 0.4) is 0 Å². The molecule has 6 heteroatoms. The average Bonchev–Trinajstić information content (AvgIpc) is 1.41. The van der Waals surface area contributed by atoms with Crippen LogP contribution in [-0.4, -0.2) is 22.0 Å². The molecule has 0 aliphatic heterocycles. The van der Waals surface area contributed by atoms with Crippen molar-refractivity contribution in [2.45, 2.75) is 4.30 Å². The number of rotatable bonds is 0. The fraction of sp³-hybridized carbons (Fsp3) is 1.00. The Labute approximate surface area is 63.4 Å². The number of quaternary nitrogens is 1. The van der Waals surface area contributed by atoms with E-state index in [-0.39, 0.29) is 11.6 Å². The molecule has 3 nitrogen and oxygen atoms in total. The molecule has 8 heavy (non-hydrogen) atoms. The van der Waals surface area contributed by atoms with Crippen LogP contribution in [0.2, 0.25) is 0 Å². The zero-order chi connectivity index (χ0) is 5.58. The topological polar surface area (TPSA) is 86.7 Å². The highest BCUT2D eigenvalue weighted by Crippen LogP contribution is 2.03. The maximum absolute atomic E-state index is 7.00. The van der Waals surface area contributed by atoms with E-state index in [2.05, 4.69) is 0 Å². The van der Waals surface area contributed by atoms with Crippen molar-refractivity contribution in [3.05, 3.63) is 0 Å². The largest absolute Gasteiger partial charge is 0.870 e. The molecule has 0 saturated carbocycles. The van der Waals surface area contributed by atoms with Crippen molar-refractivity contribution in [3.8, 4) is 0 Å². The van der Waals surface area contributed by atoms with Gasteiger partial charge in [-0.25, -0.2) is 0 Å². The van der Waals surface area contributed by atoms with Gasteiger partial charge in [-0.15, -0.1) is 0 Å². The number of hydrogen-bond donors (Lipinski definition) is 2. The molecular formula is C2H10Cl3NO2. The first-order chi connectivity index (χ1) is 2.73. The van der Waals surface area contributed by atoms with E-state index in [1.165, 1.54) is 0 Å². The zero-order valence-corrected chi connectivity index (χ0v) is 6.87. The summed E-state index contributed by atoms with van der Waals surface area (Å²) >= 11 is 14.4. The molecule has 6 N–H and O–H groups in total. The Kier molecular flexibility index (Phi) is 73.1. The summed E-state index contributed by atoms with van der Waals surface area (Å²) in [6, 6.07) is 0. The lowest BCUT2D eigenvalue weighted by molar-refractivity contribution is 0.399. The Morgan fingerprint density at radius 2 is 1.12 bits per heavy atom. The van der Waals surface area contributed by atoms with Gasteiger partial charge < -0.3 is 16.7 Å². The molecule has 0 spiro atoms. The number of alkyl halides is 3. The Morgan fingerprint density at radius 3 is 1.12 bits per heavy atom. The van der Waals surface area contributed by atoms with Gasteiger partial charge in [0, 0.05) is 7.11 Å². The molecule has 0 bridgehead atoms. The van der Waals surface area contributed by atoms with Crippen LogP contribution in [-0.2, 0) is 0 Å². The van der Waals surface area contributed by atoms with Gasteiger partial charge in [0.05, 0.1) is 0 Å². The van der Waals surface area contributed by atoms with E-state index in [1.54, 1.807) is 0 Å². The van der Waals surface area contributed by atoms with Crippen molar-refractivity contribution in [2.75, 3.05) is 7.11 Å². The third kappa shape index (κ3) is 397. The van der Waals surface area contributed by atoms with Crippen molar-refractivity contribution in [3.63, 3.8) is 0 Å². The number of hydrogen-bond acceptors (Lipinski definition) is 2. The second-order valence-electron chi connectivity index (χ2n) is 0.247. The van der Waals surface area contributed by atoms with E-state index in [0.29, 0.717) is 0 Å². The van der Waals surface area contributed by atoms with Crippen LogP contribution in [0.4, 0.5) is 0 Å². The van der Waals surface area contributed by atoms with E-state index >= 15 is 0 Å². The third-order valence-electron chi connectivity index (χ3n) is 0. The van der Waals surface area contributed by atoms with Gasteiger partial charge in [-0.3, -0.25) is 0 Å². The summed E-state index contributed by atoms with van der Waals surface area (Å²) in [5.74, 6) is 0. The van der Waals surface area contributed by atoms with E-state index in [4.69, 9.17) is 39.9 Å². The van der Waals surface area contributed by atoms with Crippen molar-refractivity contribution in [2.24, 2.45) is 0 Å². The maximum Gasteiger partial charge on any atom is 0.180 e. The summed E-state index contributed by atoms with van der Waals surface area (Å²) in [5, 5.41) is 7.00. The van der Waals surface area contributed by atoms with Crippen LogP contribution >= 0.6 is 34.8 Å². The lowest BCUT2D eigenvalue weighted by Crippen LogP contribution is -1.55. The normalized spacial score (nSPS) is 5.25. The number of halogens is 3. The molecule has 0 aromatic rings. The Balaban J connectivity index is -0.0000000183. The van der Waals surface area contributed by atoms with Crippen molar-refractivity contribution < 1.29 is 10.6 Å². The summed E-state index contributed by atoms with van der Waals surface area (Å²) in [5.41, 5.74) is 0. The molecule has 56 valence electrons. The zero-order valence-electron chi connectivity index (χ0n) is 4.61. The van der Waals surface area contributed by atoms with Gasteiger partial charge in [0.2, 0.25) is 0 Å². The minimum atomic E-state index is -0.750. The van der Waals surface area contributed by atoms with Crippen LogP contribution in [0.25, 0.3) is 0 Å². The molecule has 0 aromatic carbocycles. The molecule has 0 aromatic heterocycles. The summed E-state index contributed by atoms with van der Waals surface area (Å²) in [6.07, 6.45) is 0. The molecule has 0 heterocycles. The highest BCUT2D eigenvalue weighted by atomic mass is 35.6. The van der Waals surface area contributed by atoms with Crippen LogP contribution in [0, 0.1) is 0 Å². The molecule has 0 atom stereocenters. The standard InChI is InChI=1S/CHCl3.CH4O.H3N.H2O/c2-1(3)4;1-2;;/h1H;2H,1H3;1H3;1H2. The predicted molar refractivity (Wildman–Crippen MR) is 37.4 cm³/mol. The predicted octanol–water partition coefficient (Wildman–Crippen LogP) is 1.79. The average molecular weight is 186 g/mol. The molecule has 0 fully saturated rings. The van der Waals surface area contributed by atoms with E-state index in [9.17, 15) is 0 Å². The number of aliphatic hydroxyl groups is 1. The molecular weight excluding hydrogens is 176 g/mol. The molecule has 0 amide bonds. The van der Waals surface area contributed by atoms with Crippen LogP contribution < -0.4 is 6.15 Å². The summed E-state index contributed by atoms with van der Waals surface area (Å²) in [7, 11) is 1.00. The fourth-order valence-corrected chi connectivity index (χ4v) is 0. The van der Waals surface area contributed by atoms with Gasteiger partial charge in [-0.05, 0) is 0 Å². The Hall–Kier alpha value is 0.750. The highest BCUT2D eigenvalue weighted by molar-refractivity contribution is 6.63. The first kappa shape index (κ1) is 23.3. The second kappa shape index (κ2) is 25.1. The quantitative estimate of drug-likeness (QED) is 0.565. The van der Waals surface area contributed by atoms with Gasteiger partial charge in [-0.1, -0.05) is 34.8 Å². The van der Waals surface area contributed by atoms with Gasteiger partial charge in [0.15, 0.2) is 4.30 Å². The van der Waals surface area contributed by atoms with Crippen molar-refractivity contribution >= 4 is 34.8 Å². The molecule has 0 radical (unpaired) electrons. The van der Waals surface area contributed by atoms with Gasteiger partial charge in [0.1, 0.15) is 0 Å². The molecule has 0 unspecified atom stereocenters. The molecule has 0 saturated heterocycles. The minimum absolute atomic E-state index is 0. The minimum Gasteiger partial charge on any atom is -0.870 e. The van der Waals surface area contributed by atoms with Crippen molar-refractivity contribution in [1.29, 1.82) is 0 Å². The van der Waals surface area contributed by atoms with Crippen LogP contribution in [0.5, 0.6) is 0 Å². The smallest absolute Gasteiger partial charge is 0.180 e. The van der Waals surface area contributed by atoms with Gasteiger partial charge >= 0.3 is 0 Å². The first-order valence-electron chi connectivity index (χ1n) is 1.10. The lowest BCUT2D eigenvalue weighted by Gasteiger charge is -1.69. The summed E-state index contributed by atoms with van der Waals surface area (Å²) in [4.78, 5) is 0. The summed E-state index contributed by atoms with van der Waals surface area (Å²) < 4.78 is -0.750. The fourth-order valence-electron chi connectivity index (χ4n) is 0.